The molecule has 4 nitrogen and oxygen atoms in total. The van der Waals surface area contributed by atoms with Gasteiger partial charge in [0.1, 0.15) is 0 Å². The van der Waals surface area contributed by atoms with Crippen LogP contribution in [0.2, 0.25) is 0 Å². The minimum atomic E-state index is 0.472. The largest absolute Gasteiger partial charge is 0.381 e. The van der Waals surface area contributed by atoms with E-state index in [4.69, 9.17) is 10.5 Å². The topological polar surface area (TPSA) is 63.9 Å². The summed E-state index contributed by atoms with van der Waals surface area (Å²) in [7, 11) is 0. The third-order valence-corrected chi connectivity index (χ3v) is 1.98. The molecular weight excluding hydrogens is 142 g/mol. The van der Waals surface area contributed by atoms with Crippen LogP contribution in [0.25, 0.3) is 0 Å². The Hall–Kier alpha value is -1.03. The van der Waals surface area contributed by atoms with Crippen LogP contribution in [0, 0.1) is 0 Å². The number of anilines is 1. The van der Waals surface area contributed by atoms with Crippen LogP contribution in [0.1, 0.15) is 18.0 Å². The van der Waals surface area contributed by atoms with Crippen molar-refractivity contribution < 1.29 is 4.74 Å². The summed E-state index contributed by atoms with van der Waals surface area (Å²) >= 11 is 0. The number of nitrogens with zero attached hydrogens (tertiary/aromatic N) is 1. The van der Waals surface area contributed by atoms with Gasteiger partial charge in [0.2, 0.25) is 0 Å². The van der Waals surface area contributed by atoms with Crippen LogP contribution in [-0.2, 0) is 4.74 Å². The van der Waals surface area contributed by atoms with E-state index in [-0.39, 0.29) is 0 Å². The van der Waals surface area contributed by atoms with Crippen molar-refractivity contribution in [3.63, 3.8) is 0 Å². The van der Waals surface area contributed by atoms with E-state index in [2.05, 4.69) is 9.97 Å². The average molecular weight is 153 g/mol. The molecule has 1 unspecified atom stereocenters. The second-order valence-electron chi connectivity index (χ2n) is 2.78. The van der Waals surface area contributed by atoms with Gasteiger partial charge in [0.05, 0.1) is 12.8 Å². The molecule has 0 aliphatic carbocycles. The minimum absolute atomic E-state index is 0.472. The number of ether oxygens (including phenoxy) is 1. The number of aromatic nitrogens is 2. The quantitative estimate of drug-likeness (QED) is 0.617. The average Bonchev–Trinajstić information content (AvgIpc) is 2.55. The molecule has 60 valence electrons. The zero-order chi connectivity index (χ0) is 7.68. The van der Waals surface area contributed by atoms with E-state index in [0.29, 0.717) is 11.9 Å². The predicted octanol–water partition coefficient (Wildman–Crippen LogP) is 0.496. The maximum absolute atomic E-state index is 5.44. The van der Waals surface area contributed by atoms with Crippen LogP contribution >= 0.6 is 0 Å². The van der Waals surface area contributed by atoms with E-state index in [9.17, 15) is 0 Å². The van der Waals surface area contributed by atoms with Crippen LogP contribution in [0.4, 0.5) is 5.95 Å². The first-order valence-electron chi connectivity index (χ1n) is 3.74. The fraction of sp³-hybridized carbons (Fsp3) is 0.571. The van der Waals surface area contributed by atoms with E-state index >= 15 is 0 Å². The number of imidazole rings is 1. The zero-order valence-electron chi connectivity index (χ0n) is 6.21. The molecule has 0 bridgehead atoms. The maximum Gasteiger partial charge on any atom is 0.197 e. The fourth-order valence-corrected chi connectivity index (χ4v) is 1.34. The Morgan fingerprint density at radius 1 is 1.73 bits per heavy atom. The van der Waals surface area contributed by atoms with Gasteiger partial charge in [-0.25, -0.2) is 4.98 Å². The van der Waals surface area contributed by atoms with Crippen LogP contribution in [-0.4, -0.2) is 23.2 Å². The lowest BCUT2D eigenvalue weighted by Gasteiger charge is -2.01. The van der Waals surface area contributed by atoms with Gasteiger partial charge in [0, 0.05) is 18.2 Å². The molecule has 1 aliphatic heterocycles. The molecule has 4 heteroatoms. The highest BCUT2D eigenvalue weighted by Crippen LogP contribution is 2.23. The van der Waals surface area contributed by atoms with E-state index < -0.39 is 0 Å². The molecule has 3 N–H and O–H groups in total. The van der Waals surface area contributed by atoms with E-state index in [1.807, 2.05) is 0 Å². The van der Waals surface area contributed by atoms with Crippen LogP contribution in [0.15, 0.2) is 6.20 Å². The molecule has 1 fully saturated rings. The first kappa shape index (κ1) is 6.67. The number of nitrogen functional groups attached to an aromatic ring is 1. The number of hydrogen-bond donors (Lipinski definition) is 2. The Kier molecular flexibility index (Phi) is 1.54. The van der Waals surface area contributed by atoms with Gasteiger partial charge in [-0.3, -0.25) is 0 Å². The monoisotopic (exact) mass is 153 g/mol. The second kappa shape index (κ2) is 2.54. The number of rotatable bonds is 1. The van der Waals surface area contributed by atoms with Crippen LogP contribution in [0.5, 0.6) is 0 Å². The van der Waals surface area contributed by atoms with Crippen molar-refractivity contribution in [2.45, 2.75) is 12.3 Å². The maximum atomic E-state index is 5.44. The molecule has 1 saturated heterocycles. The van der Waals surface area contributed by atoms with Crippen LogP contribution in [0.3, 0.4) is 0 Å². The number of nitrogens with one attached hydrogen (secondary N) is 1. The molecule has 11 heavy (non-hydrogen) atoms. The molecule has 0 spiro atoms. The summed E-state index contributed by atoms with van der Waals surface area (Å²) in [5.74, 6) is 0.965. The van der Waals surface area contributed by atoms with Gasteiger partial charge < -0.3 is 15.5 Å². The summed E-state index contributed by atoms with van der Waals surface area (Å²) in [6.07, 6.45) is 2.86. The molecule has 1 atom stereocenters. The third-order valence-electron chi connectivity index (χ3n) is 1.98. The van der Waals surface area contributed by atoms with Crippen molar-refractivity contribution >= 4 is 5.95 Å². The Labute approximate surface area is 64.8 Å². The first-order chi connectivity index (χ1) is 5.36. The van der Waals surface area contributed by atoms with Crippen molar-refractivity contribution in [2.75, 3.05) is 18.9 Å². The summed E-state index contributed by atoms with van der Waals surface area (Å²) in [4.78, 5) is 6.93. The van der Waals surface area contributed by atoms with E-state index in [1.54, 1.807) is 6.20 Å². The number of H-pyrrole nitrogens is 1. The fourth-order valence-electron chi connectivity index (χ4n) is 1.34. The molecule has 2 rings (SSSR count). The highest BCUT2D eigenvalue weighted by Gasteiger charge is 2.18. The van der Waals surface area contributed by atoms with E-state index in [0.717, 1.165) is 25.3 Å². The molecule has 1 aliphatic rings. The number of hydrogen-bond acceptors (Lipinski definition) is 3. The normalized spacial score (nSPS) is 24.2. The molecule has 1 aromatic heterocycles. The molecule has 2 heterocycles. The Morgan fingerprint density at radius 3 is 3.18 bits per heavy atom. The molecule has 1 aromatic rings. The summed E-state index contributed by atoms with van der Waals surface area (Å²) in [6.45, 7) is 1.64. The first-order valence-corrected chi connectivity index (χ1v) is 3.74. The highest BCUT2D eigenvalue weighted by molar-refractivity contribution is 5.21. The van der Waals surface area contributed by atoms with Gasteiger partial charge >= 0.3 is 0 Å². The molecule has 0 aromatic carbocycles. The highest BCUT2D eigenvalue weighted by atomic mass is 16.5. The summed E-state index contributed by atoms with van der Waals surface area (Å²) in [5.41, 5.74) is 6.54. The van der Waals surface area contributed by atoms with Gasteiger partial charge in [-0.2, -0.15) is 0 Å². The predicted molar refractivity (Wildman–Crippen MR) is 41.2 cm³/mol. The number of nitrogens with two attached hydrogens (primary N) is 1. The smallest absolute Gasteiger partial charge is 0.197 e. The van der Waals surface area contributed by atoms with Gasteiger partial charge in [-0.1, -0.05) is 0 Å². The lowest BCUT2D eigenvalue weighted by atomic mass is 10.1. The molecule has 0 saturated carbocycles. The standard InChI is InChI=1S/C7H11N3O/c8-7-9-3-6(10-7)5-1-2-11-4-5/h3,5H,1-2,4H2,(H3,8,9,10). The lowest BCUT2D eigenvalue weighted by Crippen LogP contribution is -1.97. The van der Waals surface area contributed by atoms with Crippen molar-refractivity contribution in [3.05, 3.63) is 11.9 Å². The number of aromatic amines is 1. The summed E-state index contributed by atoms with van der Waals surface area (Å²) < 4.78 is 5.23. The summed E-state index contributed by atoms with van der Waals surface area (Å²) in [5, 5.41) is 0. The Morgan fingerprint density at radius 2 is 2.64 bits per heavy atom. The van der Waals surface area contributed by atoms with Gasteiger partial charge in [-0.05, 0) is 6.42 Å². The second-order valence-corrected chi connectivity index (χ2v) is 2.78. The SMILES string of the molecule is Nc1ncc(C2CCOC2)[nH]1. The van der Waals surface area contributed by atoms with Gasteiger partial charge in [0.15, 0.2) is 5.95 Å². The van der Waals surface area contributed by atoms with Crippen molar-refractivity contribution in [2.24, 2.45) is 0 Å². The summed E-state index contributed by atoms with van der Waals surface area (Å²) in [6, 6.07) is 0. The van der Waals surface area contributed by atoms with Crippen LogP contribution < -0.4 is 5.73 Å². The van der Waals surface area contributed by atoms with E-state index in [1.165, 1.54) is 0 Å². The third kappa shape index (κ3) is 1.21. The van der Waals surface area contributed by atoms with Crippen molar-refractivity contribution in [1.82, 2.24) is 9.97 Å². The van der Waals surface area contributed by atoms with Crippen molar-refractivity contribution in [3.8, 4) is 0 Å². The van der Waals surface area contributed by atoms with Crippen molar-refractivity contribution in [1.29, 1.82) is 0 Å². The molecular formula is C7H11N3O. The van der Waals surface area contributed by atoms with Gasteiger partial charge in [0.25, 0.3) is 0 Å². The molecule has 0 amide bonds. The molecule has 0 radical (unpaired) electrons. The lowest BCUT2D eigenvalue weighted by molar-refractivity contribution is 0.193. The zero-order valence-corrected chi connectivity index (χ0v) is 6.21. The Balaban J connectivity index is 2.15. The minimum Gasteiger partial charge on any atom is -0.381 e. The Bertz CT molecular complexity index is 240. The van der Waals surface area contributed by atoms with Gasteiger partial charge in [-0.15, -0.1) is 0 Å².